The van der Waals surface area contributed by atoms with Crippen LogP contribution in [0.1, 0.15) is 19.3 Å². The minimum Gasteiger partial charge on any atom is -0.481 e. The van der Waals surface area contributed by atoms with Crippen LogP contribution < -0.4 is 0 Å². The molecule has 0 aromatic heterocycles. The zero-order valence-corrected chi connectivity index (χ0v) is 6.27. The molecule has 12 heavy (non-hydrogen) atoms. The van der Waals surface area contributed by atoms with Crippen molar-refractivity contribution in [2.24, 2.45) is 11.8 Å². The van der Waals surface area contributed by atoms with Crippen molar-refractivity contribution in [1.82, 2.24) is 0 Å². The van der Waals surface area contributed by atoms with Crippen LogP contribution in [0.4, 0.5) is 13.2 Å². The second kappa shape index (κ2) is 2.95. The van der Waals surface area contributed by atoms with Gasteiger partial charge in [0.05, 0.1) is 5.92 Å². The third-order valence-corrected chi connectivity index (χ3v) is 2.04. The Kier molecular flexibility index (Phi) is 2.30. The van der Waals surface area contributed by atoms with Crippen LogP contribution in [0.15, 0.2) is 0 Å². The van der Waals surface area contributed by atoms with E-state index in [0.717, 1.165) is 0 Å². The zero-order valence-electron chi connectivity index (χ0n) is 6.27. The van der Waals surface area contributed by atoms with Gasteiger partial charge in [-0.2, -0.15) is 13.2 Å². The molecule has 2 nitrogen and oxygen atoms in total. The van der Waals surface area contributed by atoms with E-state index in [2.05, 4.69) is 0 Å². The summed E-state index contributed by atoms with van der Waals surface area (Å²) >= 11 is 0. The van der Waals surface area contributed by atoms with Gasteiger partial charge >= 0.3 is 12.1 Å². The lowest BCUT2D eigenvalue weighted by atomic mass is 10.2. The second-order valence-corrected chi connectivity index (χ2v) is 3.09. The van der Waals surface area contributed by atoms with Crippen molar-refractivity contribution in [2.75, 3.05) is 0 Å². The highest BCUT2D eigenvalue weighted by Crippen LogP contribution is 2.43. The summed E-state index contributed by atoms with van der Waals surface area (Å²) < 4.78 is 34.9. The largest absolute Gasteiger partial charge is 0.481 e. The molecule has 70 valence electrons. The van der Waals surface area contributed by atoms with Gasteiger partial charge in [0.15, 0.2) is 0 Å². The Morgan fingerprint density at radius 3 is 2.42 bits per heavy atom. The fourth-order valence-corrected chi connectivity index (χ4v) is 1.22. The molecule has 1 aliphatic carbocycles. The number of carbonyl (C=O) groups is 1. The molecular formula is C7H9F3O2. The van der Waals surface area contributed by atoms with E-state index >= 15 is 0 Å². The van der Waals surface area contributed by atoms with Crippen molar-refractivity contribution >= 4 is 5.97 Å². The van der Waals surface area contributed by atoms with E-state index in [1.807, 2.05) is 0 Å². The maximum atomic E-state index is 11.6. The molecule has 0 unspecified atom stereocenters. The van der Waals surface area contributed by atoms with E-state index < -0.39 is 24.5 Å². The van der Waals surface area contributed by atoms with Crippen molar-refractivity contribution < 1.29 is 23.1 Å². The van der Waals surface area contributed by atoms with Crippen molar-refractivity contribution in [2.45, 2.75) is 25.4 Å². The Morgan fingerprint density at radius 2 is 2.08 bits per heavy atom. The van der Waals surface area contributed by atoms with E-state index in [1.54, 1.807) is 0 Å². The number of hydrogen-bond acceptors (Lipinski definition) is 1. The van der Waals surface area contributed by atoms with E-state index in [4.69, 9.17) is 5.11 Å². The molecule has 1 N–H and O–H groups in total. The number of carboxylic acid groups (broad SMARTS) is 1. The number of carboxylic acids is 1. The Morgan fingerprint density at radius 1 is 1.50 bits per heavy atom. The van der Waals surface area contributed by atoms with Crippen LogP contribution in [0, 0.1) is 11.8 Å². The molecule has 1 fully saturated rings. The van der Waals surface area contributed by atoms with Crippen LogP contribution >= 0.6 is 0 Å². The fraction of sp³-hybridized carbons (Fsp3) is 0.857. The summed E-state index contributed by atoms with van der Waals surface area (Å²) in [6.45, 7) is 0. The minimum absolute atomic E-state index is 0.0412. The molecule has 1 aliphatic rings. The van der Waals surface area contributed by atoms with Gasteiger partial charge in [0, 0.05) is 6.42 Å². The fourth-order valence-electron chi connectivity index (χ4n) is 1.22. The molecule has 0 saturated heterocycles. The summed E-state index contributed by atoms with van der Waals surface area (Å²) in [5.74, 6) is -1.74. The van der Waals surface area contributed by atoms with Crippen molar-refractivity contribution in [3.63, 3.8) is 0 Å². The summed E-state index contributed by atoms with van der Waals surface area (Å²) in [6, 6.07) is 0. The number of rotatable bonds is 3. The average Bonchev–Trinajstić information content (AvgIpc) is 2.59. The van der Waals surface area contributed by atoms with E-state index in [9.17, 15) is 18.0 Å². The third-order valence-electron chi connectivity index (χ3n) is 2.04. The average molecular weight is 182 g/mol. The maximum Gasteiger partial charge on any atom is 0.389 e. The third kappa shape index (κ3) is 2.71. The van der Waals surface area contributed by atoms with Crippen LogP contribution in [0.3, 0.4) is 0 Å². The predicted molar refractivity (Wildman–Crippen MR) is 34.5 cm³/mol. The smallest absolute Gasteiger partial charge is 0.389 e. The van der Waals surface area contributed by atoms with Crippen molar-refractivity contribution in [3.8, 4) is 0 Å². The highest BCUT2D eigenvalue weighted by atomic mass is 19.4. The van der Waals surface area contributed by atoms with Gasteiger partial charge in [0.25, 0.3) is 0 Å². The zero-order chi connectivity index (χ0) is 9.35. The van der Waals surface area contributed by atoms with Crippen molar-refractivity contribution in [1.29, 1.82) is 0 Å². The standard InChI is InChI=1S/C7H9F3O2/c8-7(9,10)2-1-4-3-5(4)6(11)12/h4-5H,1-3H2,(H,11,12)/t4-,5-/m0/s1. The lowest BCUT2D eigenvalue weighted by molar-refractivity contribution is -0.141. The Labute approximate surface area is 67.4 Å². The van der Waals surface area contributed by atoms with Gasteiger partial charge in [0.1, 0.15) is 0 Å². The van der Waals surface area contributed by atoms with Crippen LogP contribution in [0.25, 0.3) is 0 Å². The molecule has 0 bridgehead atoms. The molecule has 0 aromatic rings. The lowest BCUT2D eigenvalue weighted by Crippen LogP contribution is -2.08. The first-order valence-corrected chi connectivity index (χ1v) is 3.69. The first-order chi connectivity index (χ1) is 5.40. The van der Waals surface area contributed by atoms with E-state index in [1.165, 1.54) is 0 Å². The number of hydrogen-bond donors (Lipinski definition) is 1. The first kappa shape index (κ1) is 9.35. The summed E-state index contributed by atoms with van der Waals surface area (Å²) in [5.41, 5.74) is 0. The van der Waals surface area contributed by atoms with Crippen LogP contribution in [-0.4, -0.2) is 17.3 Å². The summed E-state index contributed by atoms with van der Waals surface area (Å²) in [7, 11) is 0. The van der Waals surface area contributed by atoms with Gasteiger partial charge in [0.2, 0.25) is 0 Å². The molecule has 0 amide bonds. The summed E-state index contributed by atoms with van der Waals surface area (Å²) in [4.78, 5) is 10.2. The first-order valence-electron chi connectivity index (χ1n) is 3.69. The van der Waals surface area contributed by atoms with Gasteiger partial charge in [-0.3, -0.25) is 4.79 Å². The Balaban J connectivity index is 2.16. The van der Waals surface area contributed by atoms with E-state index in [0.29, 0.717) is 6.42 Å². The number of aliphatic carboxylic acids is 1. The Hall–Kier alpha value is -0.740. The topological polar surface area (TPSA) is 37.3 Å². The highest BCUT2D eigenvalue weighted by Gasteiger charge is 2.44. The normalized spacial score (nSPS) is 28.6. The summed E-state index contributed by atoms with van der Waals surface area (Å²) in [5, 5.41) is 8.37. The highest BCUT2D eigenvalue weighted by molar-refractivity contribution is 5.73. The molecule has 5 heteroatoms. The van der Waals surface area contributed by atoms with E-state index in [-0.39, 0.29) is 12.3 Å². The molecule has 1 saturated carbocycles. The van der Waals surface area contributed by atoms with Crippen LogP contribution in [0.5, 0.6) is 0 Å². The molecule has 0 heterocycles. The van der Waals surface area contributed by atoms with Gasteiger partial charge in [-0.15, -0.1) is 0 Å². The van der Waals surface area contributed by atoms with Crippen LogP contribution in [-0.2, 0) is 4.79 Å². The molecule has 0 radical (unpaired) electrons. The van der Waals surface area contributed by atoms with Gasteiger partial charge < -0.3 is 5.11 Å². The molecular weight excluding hydrogens is 173 g/mol. The second-order valence-electron chi connectivity index (χ2n) is 3.09. The number of halogens is 3. The quantitative estimate of drug-likeness (QED) is 0.725. The molecule has 1 rings (SSSR count). The van der Waals surface area contributed by atoms with Gasteiger partial charge in [-0.25, -0.2) is 0 Å². The Bertz CT molecular complexity index is 188. The summed E-state index contributed by atoms with van der Waals surface area (Å²) in [6.07, 6.45) is -4.64. The predicted octanol–water partition coefficient (Wildman–Crippen LogP) is 2.05. The number of alkyl halides is 3. The van der Waals surface area contributed by atoms with Crippen LogP contribution in [0.2, 0.25) is 0 Å². The maximum absolute atomic E-state index is 11.6. The molecule has 0 spiro atoms. The monoisotopic (exact) mass is 182 g/mol. The minimum atomic E-state index is -4.15. The van der Waals surface area contributed by atoms with Gasteiger partial charge in [-0.1, -0.05) is 0 Å². The lowest BCUT2D eigenvalue weighted by Gasteiger charge is -2.03. The molecule has 0 aliphatic heterocycles. The molecule has 0 aromatic carbocycles. The molecule has 2 atom stereocenters. The van der Waals surface area contributed by atoms with Crippen molar-refractivity contribution in [3.05, 3.63) is 0 Å². The van der Waals surface area contributed by atoms with Gasteiger partial charge in [-0.05, 0) is 18.8 Å². The SMILES string of the molecule is O=C(O)[C@H]1C[C@@H]1CCC(F)(F)F.